The summed E-state index contributed by atoms with van der Waals surface area (Å²) in [6, 6.07) is -3.75. The molecule has 11 N–H and O–H groups in total. The lowest BCUT2D eigenvalue weighted by Gasteiger charge is -2.45. The zero-order chi connectivity index (χ0) is 27.2. The van der Waals surface area contributed by atoms with Crippen LogP contribution in [0.4, 0.5) is 4.79 Å². The third-order valence-corrected chi connectivity index (χ3v) is 6.36. The topological polar surface area (TPSA) is 299 Å². The maximum atomic E-state index is 12.3. The first-order valence-electron chi connectivity index (χ1n) is 11.0. The van der Waals surface area contributed by atoms with Crippen molar-refractivity contribution in [2.45, 2.75) is 73.6 Å². The fraction of sp³-hybridized carbons (Fsp3) is 0.632. The number of carboxylic acid groups (broad SMARTS) is 2. The zero-order valence-corrected chi connectivity index (χ0v) is 18.8. The molecule has 37 heavy (non-hydrogen) atoms. The van der Waals surface area contributed by atoms with E-state index < -0.39 is 96.4 Å². The summed E-state index contributed by atoms with van der Waals surface area (Å²) in [5, 5.41) is 42.7. The number of ether oxygens (including phenoxy) is 4. The number of amides is 2. The number of aliphatic carboxylic acids is 2. The standard InChI is InChI=1S/C19H25N5O13/c20-4-1-5(15(28)29)34-17(7(4)25)37-11-6(23-18(21)32)10-12(36-13(11)16(30)31)8(26)9(35-10)3-2-22-19(33)24-14(3)27/h2,4-13,17,25-26H,1,20H2,(H,28,29)(H,30,31)(H3,21,23,32)(H2,22,24,27,33). The van der Waals surface area contributed by atoms with Gasteiger partial charge in [-0.1, -0.05) is 0 Å². The number of nitrogens with two attached hydrogens (primary N) is 2. The minimum Gasteiger partial charge on any atom is -0.479 e. The number of primary amides is 1. The van der Waals surface area contributed by atoms with E-state index in [4.69, 9.17) is 30.4 Å². The Morgan fingerprint density at radius 3 is 2.35 bits per heavy atom. The maximum absolute atomic E-state index is 12.3. The Hall–Kier alpha value is -3.39. The molecule has 204 valence electrons. The summed E-state index contributed by atoms with van der Waals surface area (Å²) < 4.78 is 22.2. The monoisotopic (exact) mass is 531 g/mol. The van der Waals surface area contributed by atoms with Gasteiger partial charge in [-0.05, 0) is 0 Å². The molecular formula is C19H25N5O13. The van der Waals surface area contributed by atoms with E-state index >= 15 is 0 Å². The highest BCUT2D eigenvalue weighted by Gasteiger charge is 2.60. The molecule has 1 aromatic rings. The molecule has 3 fully saturated rings. The fourth-order valence-corrected chi connectivity index (χ4v) is 4.65. The van der Waals surface area contributed by atoms with Gasteiger partial charge in [-0.3, -0.25) is 9.78 Å². The van der Waals surface area contributed by atoms with Crippen LogP contribution < -0.4 is 28.0 Å². The number of aliphatic hydroxyl groups excluding tert-OH is 2. The Bertz CT molecular complexity index is 1170. The number of H-pyrrole nitrogens is 2. The molecule has 2 amide bonds. The van der Waals surface area contributed by atoms with Crippen LogP contribution in [0.25, 0.3) is 0 Å². The number of aliphatic hydroxyl groups is 2. The second-order valence-corrected chi connectivity index (χ2v) is 8.76. The normalized spacial score (nSPS) is 39.5. The van der Waals surface area contributed by atoms with Crippen LogP contribution in [0, 0.1) is 0 Å². The average molecular weight is 531 g/mol. The lowest BCUT2D eigenvalue weighted by Crippen LogP contribution is -2.68. The minimum atomic E-state index is -1.93. The fourth-order valence-electron chi connectivity index (χ4n) is 4.65. The minimum absolute atomic E-state index is 0.228. The van der Waals surface area contributed by atoms with Crippen LogP contribution in [-0.4, -0.2) is 109 Å². The summed E-state index contributed by atoms with van der Waals surface area (Å²) in [7, 11) is 0. The molecule has 0 bridgehead atoms. The Labute approximate surface area is 205 Å². The molecule has 18 nitrogen and oxygen atoms in total. The lowest BCUT2D eigenvalue weighted by atomic mass is 9.90. The number of urea groups is 1. The van der Waals surface area contributed by atoms with Gasteiger partial charge in [0, 0.05) is 18.7 Å². The van der Waals surface area contributed by atoms with E-state index in [2.05, 4.69) is 10.3 Å². The number of hydrogen-bond acceptors (Lipinski definition) is 12. The van der Waals surface area contributed by atoms with Crippen LogP contribution in [0.5, 0.6) is 0 Å². The van der Waals surface area contributed by atoms with Crippen molar-refractivity contribution in [2.75, 3.05) is 0 Å². The van der Waals surface area contributed by atoms with Gasteiger partial charge in [0.1, 0.15) is 36.6 Å². The lowest BCUT2D eigenvalue weighted by molar-refractivity contribution is -0.293. The number of carbonyl (C=O) groups is 3. The molecule has 4 rings (SSSR count). The molecule has 11 unspecified atom stereocenters. The van der Waals surface area contributed by atoms with Gasteiger partial charge in [0.2, 0.25) is 0 Å². The molecule has 4 heterocycles. The number of hydrogen-bond donors (Lipinski definition) is 9. The van der Waals surface area contributed by atoms with Gasteiger partial charge in [-0.15, -0.1) is 0 Å². The van der Waals surface area contributed by atoms with Crippen molar-refractivity contribution in [1.82, 2.24) is 15.3 Å². The van der Waals surface area contributed by atoms with Crippen LogP contribution in [-0.2, 0) is 28.5 Å². The molecule has 3 aliphatic heterocycles. The molecule has 18 heteroatoms. The van der Waals surface area contributed by atoms with Gasteiger partial charge in [0.25, 0.3) is 5.56 Å². The first kappa shape index (κ1) is 26.7. The molecule has 3 aliphatic rings. The Morgan fingerprint density at radius 1 is 1.05 bits per heavy atom. The van der Waals surface area contributed by atoms with Crippen LogP contribution >= 0.6 is 0 Å². The van der Waals surface area contributed by atoms with Crippen molar-refractivity contribution in [3.63, 3.8) is 0 Å². The van der Waals surface area contributed by atoms with Crippen LogP contribution in [0.3, 0.4) is 0 Å². The summed E-state index contributed by atoms with van der Waals surface area (Å²) in [5.41, 5.74) is 9.11. The second-order valence-electron chi connectivity index (χ2n) is 8.76. The highest BCUT2D eigenvalue weighted by molar-refractivity contribution is 5.75. The smallest absolute Gasteiger partial charge is 0.335 e. The van der Waals surface area contributed by atoms with Crippen LogP contribution in [0.1, 0.15) is 18.1 Å². The summed E-state index contributed by atoms with van der Waals surface area (Å²) in [6.07, 6.45) is -13.7. The van der Waals surface area contributed by atoms with E-state index in [1.807, 2.05) is 4.98 Å². The van der Waals surface area contributed by atoms with Gasteiger partial charge >= 0.3 is 23.7 Å². The number of carboxylic acids is 2. The van der Waals surface area contributed by atoms with Crippen molar-refractivity contribution < 1.29 is 53.8 Å². The summed E-state index contributed by atoms with van der Waals surface area (Å²) in [5.74, 6) is -3.03. The highest BCUT2D eigenvalue weighted by Crippen LogP contribution is 2.41. The van der Waals surface area contributed by atoms with Crippen molar-refractivity contribution in [2.24, 2.45) is 11.5 Å². The summed E-state index contributed by atoms with van der Waals surface area (Å²) in [4.78, 5) is 63.2. The van der Waals surface area contributed by atoms with Crippen LogP contribution in [0.2, 0.25) is 0 Å². The Kier molecular flexibility index (Phi) is 7.33. The van der Waals surface area contributed by atoms with Crippen molar-refractivity contribution in [3.8, 4) is 0 Å². The van der Waals surface area contributed by atoms with Crippen molar-refractivity contribution >= 4 is 18.0 Å². The van der Waals surface area contributed by atoms with Crippen LogP contribution in [0.15, 0.2) is 15.8 Å². The number of nitrogens with one attached hydrogen (secondary N) is 3. The van der Waals surface area contributed by atoms with Gasteiger partial charge in [-0.25, -0.2) is 19.2 Å². The van der Waals surface area contributed by atoms with Gasteiger partial charge in [0.05, 0.1) is 11.6 Å². The van der Waals surface area contributed by atoms with Gasteiger partial charge in [0.15, 0.2) is 18.5 Å². The number of aromatic nitrogens is 2. The summed E-state index contributed by atoms with van der Waals surface area (Å²) >= 11 is 0. The average Bonchev–Trinajstić information content (AvgIpc) is 3.13. The number of carbonyl (C=O) groups excluding carboxylic acids is 1. The maximum Gasteiger partial charge on any atom is 0.335 e. The third kappa shape index (κ3) is 5.07. The molecular weight excluding hydrogens is 506 g/mol. The number of aromatic amines is 2. The van der Waals surface area contributed by atoms with E-state index in [0.29, 0.717) is 0 Å². The van der Waals surface area contributed by atoms with E-state index in [9.17, 15) is 44.4 Å². The molecule has 0 aromatic carbocycles. The first-order valence-corrected chi connectivity index (χ1v) is 11.0. The predicted molar refractivity (Wildman–Crippen MR) is 114 cm³/mol. The van der Waals surface area contributed by atoms with E-state index in [0.717, 1.165) is 6.20 Å². The van der Waals surface area contributed by atoms with E-state index in [1.165, 1.54) is 0 Å². The molecule has 11 atom stereocenters. The molecule has 1 aromatic heterocycles. The molecule has 0 spiro atoms. The second kappa shape index (κ2) is 10.2. The van der Waals surface area contributed by atoms with Crippen molar-refractivity contribution in [1.29, 1.82) is 0 Å². The van der Waals surface area contributed by atoms with E-state index in [1.54, 1.807) is 0 Å². The quantitative estimate of drug-likeness (QED) is 0.166. The number of fused-ring (bicyclic) bond motifs is 1. The van der Waals surface area contributed by atoms with E-state index in [-0.39, 0.29) is 12.0 Å². The molecule has 0 radical (unpaired) electrons. The molecule has 3 saturated heterocycles. The molecule has 0 saturated carbocycles. The Morgan fingerprint density at radius 2 is 1.76 bits per heavy atom. The van der Waals surface area contributed by atoms with Gasteiger partial charge in [-0.2, -0.15) is 0 Å². The Balaban J connectivity index is 1.68. The van der Waals surface area contributed by atoms with Gasteiger partial charge < -0.3 is 61.1 Å². The highest BCUT2D eigenvalue weighted by atomic mass is 16.7. The third-order valence-electron chi connectivity index (χ3n) is 6.36. The molecule has 0 aliphatic carbocycles. The van der Waals surface area contributed by atoms with Crippen molar-refractivity contribution in [3.05, 3.63) is 32.6 Å². The number of rotatable bonds is 6. The zero-order valence-electron chi connectivity index (χ0n) is 18.8. The SMILES string of the molecule is NC(=O)NC1C(OC2OC(C(=O)O)CC(N)C2O)C(C(=O)O)OC2C(O)C(c3c[nH]c(=O)[nH]c3=O)OC12. The predicted octanol–water partition coefficient (Wildman–Crippen LogP) is -4.97. The summed E-state index contributed by atoms with van der Waals surface area (Å²) in [6.45, 7) is 0. The first-order chi connectivity index (χ1) is 17.4. The largest absolute Gasteiger partial charge is 0.479 e.